The molecule has 1 nitrogen and oxygen atoms in total. The second kappa shape index (κ2) is 3.38. The van der Waals surface area contributed by atoms with Crippen molar-refractivity contribution in [3.05, 3.63) is 0 Å². The van der Waals surface area contributed by atoms with Crippen LogP contribution in [0.1, 0.15) is 39.5 Å². The highest BCUT2D eigenvalue weighted by atomic mass is 16.3. The van der Waals surface area contributed by atoms with Crippen molar-refractivity contribution < 1.29 is 5.11 Å². The lowest BCUT2D eigenvalue weighted by Gasteiger charge is -2.04. The van der Waals surface area contributed by atoms with Gasteiger partial charge in [0.1, 0.15) is 0 Å². The lowest BCUT2D eigenvalue weighted by Crippen LogP contribution is -2.08. The predicted molar refractivity (Wildman–Crippen MR) is 42.8 cm³/mol. The van der Waals surface area contributed by atoms with Crippen LogP contribution in [0.4, 0.5) is 0 Å². The second-order valence-corrected chi connectivity index (χ2v) is 3.42. The van der Waals surface area contributed by atoms with E-state index in [2.05, 4.69) is 13.8 Å². The standard InChI is InChI=1S/C9H18O/c1-3-5-7-6-8(7)9(10)4-2/h7-10H,3-6H2,1-2H3. The van der Waals surface area contributed by atoms with E-state index in [0.717, 1.165) is 12.3 Å². The smallest absolute Gasteiger partial charge is 0.0568 e. The van der Waals surface area contributed by atoms with Gasteiger partial charge in [-0.25, -0.2) is 0 Å². The van der Waals surface area contributed by atoms with Crippen molar-refractivity contribution >= 4 is 0 Å². The van der Waals surface area contributed by atoms with Crippen LogP contribution in [0.3, 0.4) is 0 Å². The molecule has 1 saturated carbocycles. The van der Waals surface area contributed by atoms with Crippen molar-refractivity contribution in [3.8, 4) is 0 Å². The number of rotatable bonds is 4. The summed E-state index contributed by atoms with van der Waals surface area (Å²) in [6.45, 7) is 4.28. The van der Waals surface area contributed by atoms with Crippen LogP contribution in [0.25, 0.3) is 0 Å². The minimum atomic E-state index is -0.00319. The Labute approximate surface area is 63.4 Å². The summed E-state index contributed by atoms with van der Waals surface area (Å²) < 4.78 is 0. The van der Waals surface area contributed by atoms with Crippen LogP contribution in [0.2, 0.25) is 0 Å². The summed E-state index contributed by atoms with van der Waals surface area (Å²) in [5, 5.41) is 9.39. The Morgan fingerprint density at radius 1 is 1.50 bits per heavy atom. The molecule has 1 fully saturated rings. The van der Waals surface area contributed by atoms with Gasteiger partial charge in [-0.05, 0) is 24.7 Å². The molecule has 0 spiro atoms. The third-order valence-electron chi connectivity index (χ3n) is 2.55. The highest BCUT2D eigenvalue weighted by Crippen LogP contribution is 2.45. The summed E-state index contributed by atoms with van der Waals surface area (Å²) in [6, 6.07) is 0. The van der Waals surface area contributed by atoms with Crippen molar-refractivity contribution in [3.63, 3.8) is 0 Å². The van der Waals surface area contributed by atoms with Gasteiger partial charge in [-0.3, -0.25) is 0 Å². The van der Waals surface area contributed by atoms with Gasteiger partial charge in [0.25, 0.3) is 0 Å². The van der Waals surface area contributed by atoms with E-state index >= 15 is 0 Å². The number of aliphatic hydroxyl groups is 1. The monoisotopic (exact) mass is 142 g/mol. The van der Waals surface area contributed by atoms with E-state index in [-0.39, 0.29) is 6.10 Å². The van der Waals surface area contributed by atoms with Crippen molar-refractivity contribution in [1.82, 2.24) is 0 Å². The molecule has 10 heavy (non-hydrogen) atoms. The molecule has 3 unspecified atom stereocenters. The fraction of sp³-hybridized carbons (Fsp3) is 1.00. The van der Waals surface area contributed by atoms with Gasteiger partial charge in [0.2, 0.25) is 0 Å². The molecular formula is C9H18O. The molecule has 0 aromatic heterocycles. The number of hydrogen-bond acceptors (Lipinski definition) is 1. The Kier molecular flexibility index (Phi) is 2.72. The molecule has 0 radical (unpaired) electrons. The highest BCUT2D eigenvalue weighted by molar-refractivity contribution is 4.90. The van der Waals surface area contributed by atoms with E-state index in [1.54, 1.807) is 0 Å². The third kappa shape index (κ3) is 1.72. The Balaban J connectivity index is 2.12. The summed E-state index contributed by atoms with van der Waals surface area (Å²) in [6.07, 6.45) is 4.81. The van der Waals surface area contributed by atoms with Gasteiger partial charge in [0.15, 0.2) is 0 Å². The van der Waals surface area contributed by atoms with Crippen molar-refractivity contribution in [1.29, 1.82) is 0 Å². The maximum absolute atomic E-state index is 9.39. The quantitative estimate of drug-likeness (QED) is 0.638. The average molecular weight is 142 g/mol. The zero-order valence-corrected chi connectivity index (χ0v) is 7.01. The molecule has 60 valence electrons. The second-order valence-electron chi connectivity index (χ2n) is 3.42. The van der Waals surface area contributed by atoms with Crippen LogP contribution in [0.15, 0.2) is 0 Å². The van der Waals surface area contributed by atoms with Crippen LogP contribution in [0, 0.1) is 11.8 Å². The summed E-state index contributed by atoms with van der Waals surface area (Å²) in [7, 11) is 0. The normalized spacial score (nSPS) is 33.9. The molecule has 1 rings (SSSR count). The number of aliphatic hydroxyl groups excluding tert-OH is 1. The van der Waals surface area contributed by atoms with Gasteiger partial charge in [-0.2, -0.15) is 0 Å². The largest absolute Gasteiger partial charge is 0.393 e. The molecular weight excluding hydrogens is 124 g/mol. The predicted octanol–water partition coefficient (Wildman–Crippen LogP) is 2.19. The molecule has 1 heteroatoms. The first-order chi connectivity index (χ1) is 4.79. The van der Waals surface area contributed by atoms with Crippen LogP contribution < -0.4 is 0 Å². The van der Waals surface area contributed by atoms with Crippen LogP contribution in [-0.2, 0) is 0 Å². The van der Waals surface area contributed by atoms with E-state index in [1.165, 1.54) is 19.3 Å². The van der Waals surface area contributed by atoms with Crippen LogP contribution >= 0.6 is 0 Å². The van der Waals surface area contributed by atoms with Crippen molar-refractivity contribution in [2.75, 3.05) is 0 Å². The molecule has 0 amide bonds. The molecule has 0 aromatic carbocycles. The minimum absolute atomic E-state index is 0.00319. The van der Waals surface area contributed by atoms with Gasteiger partial charge < -0.3 is 5.11 Å². The SMILES string of the molecule is CCCC1CC1C(O)CC. The molecule has 0 aromatic rings. The summed E-state index contributed by atoms with van der Waals surface area (Å²) in [5.41, 5.74) is 0. The zero-order valence-electron chi connectivity index (χ0n) is 7.01. The Morgan fingerprint density at radius 2 is 2.20 bits per heavy atom. The fourth-order valence-electron chi connectivity index (χ4n) is 1.75. The average Bonchev–Trinajstić information content (AvgIpc) is 2.67. The lowest BCUT2D eigenvalue weighted by atomic mass is 10.1. The zero-order chi connectivity index (χ0) is 7.56. The third-order valence-corrected chi connectivity index (χ3v) is 2.55. The van der Waals surface area contributed by atoms with E-state index in [1.807, 2.05) is 0 Å². The summed E-state index contributed by atoms with van der Waals surface area (Å²) in [5.74, 6) is 1.52. The first-order valence-corrected chi connectivity index (χ1v) is 4.47. The van der Waals surface area contributed by atoms with E-state index in [0.29, 0.717) is 5.92 Å². The van der Waals surface area contributed by atoms with E-state index in [9.17, 15) is 5.11 Å². The van der Waals surface area contributed by atoms with E-state index < -0.39 is 0 Å². The molecule has 0 bridgehead atoms. The molecule has 0 aliphatic heterocycles. The van der Waals surface area contributed by atoms with Crippen LogP contribution in [0.5, 0.6) is 0 Å². The lowest BCUT2D eigenvalue weighted by molar-refractivity contribution is 0.140. The molecule has 0 saturated heterocycles. The highest BCUT2D eigenvalue weighted by Gasteiger charge is 2.40. The van der Waals surface area contributed by atoms with Gasteiger partial charge >= 0.3 is 0 Å². The van der Waals surface area contributed by atoms with Gasteiger partial charge in [-0.1, -0.05) is 26.7 Å². The molecule has 1 N–H and O–H groups in total. The molecule has 1 aliphatic carbocycles. The minimum Gasteiger partial charge on any atom is -0.393 e. The maximum Gasteiger partial charge on any atom is 0.0568 e. The van der Waals surface area contributed by atoms with Crippen LogP contribution in [-0.4, -0.2) is 11.2 Å². The fourth-order valence-corrected chi connectivity index (χ4v) is 1.75. The van der Waals surface area contributed by atoms with Crippen molar-refractivity contribution in [2.45, 2.75) is 45.6 Å². The first kappa shape index (κ1) is 8.06. The number of hydrogen-bond donors (Lipinski definition) is 1. The Bertz CT molecular complexity index is 101. The van der Waals surface area contributed by atoms with Gasteiger partial charge in [0.05, 0.1) is 6.10 Å². The summed E-state index contributed by atoms with van der Waals surface area (Å²) >= 11 is 0. The topological polar surface area (TPSA) is 20.2 Å². The Hall–Kier alpha value is -0.0400. The maximum atomic E-state index is 9.39. The van der Waals surface area contributed by atoms with Gasteiger partial charge in [0, 0.05) is 0 Å². The van der Waals surface area contributed by atoms with Gasteiger partial charge in [-0.15, -0.1) is 0 Å². The molecule has 0 heterocycles. The first-order valence-electron chi connectivity index (χ1n) is 4.47. The Morgan fingerprint density at radius 3 is 2.70 bits per heavy atom. The summed E-state index contributed by atoms with van der Waals surface area (Å²) in [4.78, 5) is 0. The molecule has 1 aliphatic rings. The van der Waals surface area contributed by atoms with E-state index in [4.69, 9.17) is 0 Å². The molecule has 3 atom stereocenters. The van der Waals surface area contributed by atoms with Crippen molar-refractivity contribution in [2.24, 2.45) is 11.8 Å².